The van der Waals surface area contributed by atoms with Gasteiger partial charge >= 0.3 is 5.97 Å². The summed E-state index contributed by atoms with van der Waals surface area (Å²) >= 11 is 0. The van der Waals surface area contributed by atoms with E-state index in [1.165, 1.54) is 0 Å². The van der Waals surface area contributed by atoms with Crippen LogP contribution < -0.4 is 5.32 Å². The summed E-state index contributed by atoms with van der Waals surface area (Å²) < 4.78 is 6.86. The summed E-state index contributed by atoms with van der Waals surface area (Å²) in [6, 6.07) is 3.31. The molecule has 0 saturated heterocycles. The van der Waals surface area contributed by atoms with E-state index in [1.54, 1.807) is 29.9 Å². The largest absolute Gasteiger partial charge is 0.455 e. The number of nitrogens with zero attached hydrogens (tertiary/aromatic N) is 1. The second-order valence-corrected chi connectivity index (χ2v) is 8.42. The third-order valence-electron chi connectivity index (χ3n) is 6.23. The van der Waals surface area contributed by atoms with E-state index < -0.39 is 35.4 Å². The van der Waals surface area contributed by atoms with Crippen LogP contribution in [0.4, 0.5) is 0 Å². The summed E-state index contributed by atoms with van der Waals surface area (Å²) in [5.41, 5.74) is -1.07. The monoisotopic (exact) mass is 360 g/mol. The summed E-state index contributed by atoms with van der Waals surface area (Å²) in [5.74, 6) is -0.856. The van der Waals surface area contributed by atoms with Crippen LogP contribution in [0, 0.1) is 17.3 Å². The van der Waals surface area contributed by atoms with Crippen molar-refractivity contribution in [1.29, 1.82) is 0 Å². The lowest BCUT2D eigenvalue weighted by Gasteiger charge is -2.58. The van der Waals surface area contributed by atoms with E-state index in [-0.39, 0.29) is 0 Å². The number of amides is 2. The van der Waals surface area contributed by atoms with Crippen LogP contribution >= 0.6 is 0 Å². The van der Waals surface area contributed by atoms with Crippen LogP contribution in [-0.4, -0.2) is 39.7 Å². The molecule has 1 aromatic heterocycles. The van der Waals surface area contributed by atoms with Gasteiger partial charge in [-0.05, 0) is 62.5 Å². The number of carbonyl (C=O) groups excluding carboxylic acids is 3. The van der Waals surface area contributed by atoms with Crippen molar-refractivity contribution in [2.75, 3.05) is 6.61 Å². The molecular weight excluding hydrogens is 336 g/mol. The molecule has 2 N–H and O–H groups in total. The van der Waals surface area contributed by atoms with Crippen molar-refractivity contribution in [2.24, 2.45) is 24.3 Å². The molecule has 4 bridgehead atoms. The predicted molar refractivity (Wildman–Crippen MR) is 90.9 cm³/mol. The molecule has 1 aromatic rings. The van der Waals surface area contributed by atoms with Gasteiger partial charge in [0.2, 0.25) is 0 Å². The molecule has 4 atom stereocenters. The maximum absolute atomic E-state index is 12.7. The predicted octanol–water partition coefficient (Wildman–Crippen LogP) is 1.16. The van der Waals surface area contributed by atoms with Crippen molar-refractivity contribution in [1.82, 2.24) is 9.88 Å². The van der Waals surface area contributed by atoms with E-state index in [0.29, 0.717) is 24.0 Å². The molecule has 4 saturated carbocycles. The van der Waals surface area contributed by atoms with Crippen LogP contribution in [0.25, 0.3) is 0 Å². The first kappa shape index (κ1) is 17.3. The number of carbonyl (C=O) groups is 3. The van der Waals surface area contributed by atoms with Crippen molar-refractivity contribution in [3.8, 4) is 0 Å². The molecule has 0 radical (unpaired) electrons. The Morgan fingerprint density at radius 3 is 2.54 bits per heavy atom. The van der Waals surface area contributed by atoms with E-state index in [4.69, 9.17) is 4.74 Å². The van der Waals surface area contributed by atoms with Gasteiger partial charge in [-0.15, -0.1) is 0 Å². The zero-order valence-electron chi connectivity index (χ0n) is 14.9. The highest BCUT2D eigenvalue weighted by Crippen LogP contribution is 2.61. The Hall–Kier alpha value is -2.15. The first-order valence-electron chi connectivity index (χ1n) is 9.14. The van der Waals surface area contributed by atoms with Gasteiger partial charge in [0.05, 0.1) is 11.0 Å². The second kappa shape index (κ2) is 5.94. The van der Waals surface area contributed by atoms with Crippen molar-refractivity contribution < 1.29 is 24.2 Å². The SMILES string of the molecule is Cn1cccc1C(=O)NC(=O)COC(=O)C12C[C@@H]3C[C@@H](CC(O)(C3)C1)C2. The fourth-order valence-electron chi connectivity index (χ4n) is 5.66. The highest BCUT2D eigenvalue weighted by Gasteiger charge is 2.60. The van der Waals surface area contributed by atoms with Gasteiger partial charge in [-0.3, -0.25) is 19.7 Å². The molecule has 0 aromatic carbocycles. The fraction of sp³-hybridized carbons (Fsp3) is 0.632. The Labute approximate surface area is 151 Å². The number of nitrogens with one attached hydrogen (secondary N) is 1. The number of rotatable bonds is 4. The lowest BCUT2D eigenvalue weighted by atomic mass is 9.48. The van der Waals surface area contributed by atoms with Gasteiger partial charge in [-0.2, -0.15) is 0 Å². The fourth-order valence-corrected chi connectivity index (χ4v) is 5.66. The second-order valence-electron chi connectivity index (χ2n) is 8.42. The van der Waals surface area contributed by atoms with Gasteiger partial charge in [0.25, 0.3) is 11.8 Å². The number of ether oxygens (including phenoxy) is 1. The Morgan fingerprint density at radius 2 is 1.96 bits per heavy atom. The number of aryl methyl sites for hydroxylation is 1. The standard InChI is InChI=1S/C19H24N2O5/c1-21-4-2-3-14(21)16(23)20-15(22)10-26-17(24)18-6-12-5-13(7-18)9-19(25,8-12)11-18/h2-4,12-13,25H,5-11H2,1H3,(H,20,22,23)/t12-,13+,18?,19?. The maximum atomic E-state index is 12.7. The van der Waals surface area contributed by atoms with Crippen molar-refractivity contribution in [3.63, 3.8) is 0 Å². The van der Waals surface area contributed by atoms with Gasteiger partial charge in [0.1, 0.15) is 5.69 Å². The Morgan fingerprint density at radius 1 is 1.27 bits per heavy atom. The highest BCUT2D eigenvalue weighted by molar-refractivity contribution is 6.04. The minimum absolute atomic E-state index is 0.355. The molecule has 4 fully saturated rings. The normalized spacial score (nSPS) is 34.5. The molecular formula is C19H24N2O5. The van der Waals surface area contributed by atoms with Crippen LogP contribution in [0.15, 0.2) is 18.3 Å². The first-order chi connectivity index (χ1) is 12.3. The molecule has 7 heteroatoms. The van der Waals surface area contributed by atoms with E-state index in [2.05, 4.69) is 5.32 Å². The van der Waals surface area contributed by atoms with Crippen LogP contribution in [0.2, 0.25) is 0 Å². The maximum Gasteiger partial charge on any atom is 0.312 e. The summed E-state index contributed by atoms with van der Waals surface area (Å²) in [5, 5.41) is 12.9. The number of imide groups is 1. The summed E-state index contributed by atoms with van der Waals surface area (Å²) in [6.07, 6.45) is 6.20. The lowest BCUT2D eigenvalue weighted by molar-refractivity contribution is -0.196. The summed E-state index contributed by atoms with van der Waals surface area (Å²) in [6.45, 7) is -0.482. The summed E-state index contributed by atoms with van der Waals surface area (Å²) in [4.78, 5) is 36.7. The Balaban J connectivity index is 1.35. The topological polar surface area (TPSA) is 97.6 Å². The molecule has 7 nitrogen and oxygen atoms in total. The van der Waals surface area contributed by atoms with Crippen LogP contribution in [0.3, 0.4) is 0 Å². The Bertz CT molecular complexity index is 754. The third kappa shape index (κ3) is 2.94. The van der Waals surface area contributed by atoms with Gasteiger partial charge in [0.15, 0.2) is 6.61 Å². The average molecular weight is 360 g/mol. The minimum Gasteiger partial charge on any atom is -0.455 e. The third-order valence-corrected chi connectivity index (χ3v) is 6.23. The van der Waals surface area contributed by atoms with Crippen LogP contribution in [-0.2, 0) is 21.4 Å². The van der Waals surface area contributed by atoms with E-state index in [1.807, 2.05) is 0 Å². The molecule has 4 aliphatic carbocycles. The lowest BCUT2D eigenvalue weighted by Crippen LogP contribution is -2.58. The molecule has 0 spiro atoms. The zero-order valence-corrected chi connectivity index (χ0v) is 14.9. The van der Waals surface area contributed by atoms with Gasteiger partial charge < -0.3 is 14.4 Å². The van der Waals surface area contributed by atoms with E-state index in [0.717, 1.165) is 32.1 Å². The van der Waals surface area contributed by atoms with E-state index in [9.17, 15) is 19.5 Å². The molecule has 5 rings (SSSR count). The number of hydrogen-bond acceptors (Lipinski definition) is 5. The van der Waals surface area contributed by atoms with E-state index >= 15 is 0 Å². The first-order valence-corrected chi connectivity index (χ1v) is 9.14. The van der Waals surface area contributed by atoms with Crippen molar-refractivity contribution in [3.05, 3.63) is 24.0 Å². The quantitative estimate of drug-likeness (QED) is 0.785. The molecule has 2 amide bonds. The smallest absolute Gasteiger partial charge is 0.312 e. The van der Waals surface area contributed by atoms with Gasteiger partial charge in [-0.25, -0.2) is 0 Å². The van der Waals surface area contributed by atoms with Crippen molar-refractivity contribution >= 4 is 17.8 Å². The average Bonchev–Trinajstić information content (AvgIpc) is 2.96. The highest BCUT2D eigenvalue weighted by atomic mass is 16.5. The number of aromatic nitrogens is 1. The molecule has 0 aliphatic heterocycles. The molecule has 140 valence electrons. The minimum atomic E-state index is -0.756. The number of aliphatic hydroxyl groups is 1. The zero-order chi connectivity index (χ0) is 18.5. The molecule has 2 unspecified atom stereocenters. The van der Waals surface area contributed by atoms with Gasteiger partial charge in [0, 0.05) is 13.2 Å². The molecule has 1 heterocycles. The van der Waals surface area contributed by atoms with Crippen LogP contribution in [0.5, 0.6) is 0 Å². The summed E-state index contributed by atoms with van der Waals surface area (Å²) in [7, 11) is 1.71. The molecule has 4 aliphatic rings. The molecule has 26 heavy (non-hydrogen) atoms. The van der Waals surface area contributed by atoms with Crippen molar-refractivity contribution in [2.45, 2.75) is 44.1 Å². The van der Waals surface area contributed by atoms with Crippen LogP contribution in [0.1, 0.15) is 49.0 Å². The number of hydrogen-bond donors (Lipinski definition) is 2. The number of esters is 1. The Kier molecular flexibility index (Phi) is 3.95. The van der Waals surface area contributed by atoms with Gasteiger partial charge in [-0.1, -0.05) is 0 Å².